The van der Waals surface area contributed by atoms with Crippen LogP contribution in [0.15, 0.2) is 30.5 Å². The second-order valence-electron chi connectivity index (χ2n) is 6.38. The van der Waals surface area contributed by atoms with Gasteiger partial charge in [0.25, 0.3) is 0 Å². The Morgan fingerprint density at radius 3 is 3.00 bits per heavy atom. The number of nitrogens with one attached hydrogen (secondary N) is 1. The van der Waals surface area contributed by atoms with Gasteiger partial charge < -0.3 is 15.0 Å². The smallest absolute Gasteiger partial charge is 0.244 e. The van der Waals surface area contributed by atoms with Crippen LogP contribution in [0.5, 0.6) is 5.75 Å². The number of ether oxygens (including phenoxy) is 1. The van der Waals surface area contributed by atoms with E-state index in [9.17, 15) is 0 Å². The largest absolute Gasteiger partial charge is 0.496 e. The van der Waals surface area contributed by atoms with Crippen LogP contribution in [0, 0.1) is 0 Å². The van der Waals surface area contributed by atoms with Crippen molar-refractivity contribution in [2.24, 2.45) is 0 Å². The van der Waals surface area contributed by atoms with Crippen molar-refractivity contribution in [2.45, 2.75) is 45.1 Å². The van der Waals surface area contributed by atoms with Crippen molar-refractivity contribution < 1.29 is 4.74 Å². The quantitative estimate of drug-likeness (QED) is 0.834. The van der Waals surface area contributed by atoms with Gasteiger partial charge in [0, 0.05) is 19.1 Å². The summed E-state index contributed by atoms with van der Waals surface area (Å²) in [5.74, 6) is 2.44. The van der Waals surface area contributed by atoms with Crippen LogP contribution in [0.2, 0.25) is 0 Å². The van der Waals surface area contributed by atoms with Crippen LogP contribution in [-0.4, -0.2) is 41.4 Å². The van der Waals surface area contributed by atoms with E-state index in [4.69, 9.17) is 4.74 Å². The van der Waals surface area contributed by atoms with Gasteiger partial charge in [-0.3, -0.25) is 0 Å². The van der Waals surface area contributed by atoms with Crippen molar-refractivity contribution in [2.75, 3.05) is 30.4 Å². The molecular formula is C19H27N5O. The van der Waals surface area contributed by atoms with Gasteiger partial charge in [-0.15, -0.1) is 5.10 Å². The lowest BCUT2D eigenvalue weighted by molar-refractivity contribution is 0.410. The number of nitrogens with zero attached hydrogens (tertiary/aromatic N) is 4. The highest BCUT2D eigenvalue weighted by molar-refractivity contribution is 5.42. The maximum atomic E-state index is 5.39. The molecule has 2 aromatic rings. The summed E-state index contributed by atoms with van der Waals surface area (Å²) in [7, 11) is 1.70. The van der Waals surface area contributed by atoms with Gasteiger partial charge in [-0.2, -0.15) is 10.1 Å². The van der Waals surface area contributed by atoms with Crippen molar-refractivity contribution in [3.05, 3.63) is 36.0 Å². The molecule has 0 amide bonds. The molecule has 1 N–H and O–H groups in total. The molecule has 1 aromatic carbocycles. The first-order valence-corrected chi connectivity index (χ1v) is 9.14. The normalized spacial score (nSPS) is 17.4. The number of para-hydroxylation sites is 1. The molecule has 1 atom stereocenters. The third kappa shape index (κ3) is 4.38. The number of piperidine rings is 1. The fourth-order valence-electron chi connectivity index (χ4n) is 3.45. The van der Waals surface area contributed by atoms with Crippen LogP contribution in [-0.2, 0) is 6.42 Å². The number of hydrogen-bond acceptors (Lipinski definition) is 6. The average Bonchev–Trinajstić information content (AvgIpc) is 2.68. The van der Waals surface area contributed by atoms with Gasteiger partial charge in [0.15, 0.2) is 5.82 Å². The van der Waals surface area contributed by atoms with Gasteiger partial charge >= 0.3 is 0 Å². The SMILES string of the molecule is CCC1CCCCN1c1cnnc(NCCc2ccccc2OC)n1. The standard InChI is InChI=1S/C19H27N5O/c1-3-16-9-6-7-13-24(16)18-14-21-23-19(22-18)20-12-11-15-8-4-5-10-17(15)25-2/h4-5,8,10,14,16H,3,6-7,9,11-13H2,1-2H3,(H,20,22,23). The molecule has 134 valence electrons. The van der Waals surface area contributed by atoms with Crippen LogP contribution in [0.1, 0.15) is 38.2 Å². The molecule has 1 saturated heterocycles. The van der Waals surface area contributed by atoms with E-state index in [2.05, 4.69) is 38.4 Å². The number of hydrogen-bond donors (Lipinski definition) is 1. The Morgan fingerprint density at radius 2 is 2.16 bits per heavy atom. The molecule has 3 rings (SSSR count). The maximum absolute atomic E-state index is 5.39. The Kier molecular flexibility index (Phi) is 6.04. The fraction of sp³-hybridized carbons (Fsp3) is 0.526. The predicted molar refractivity (Wildman–Crippen MR) is 100 cm³/mol. The zero-order valence-corrected chi connectivity index (χ0v) is 15.1. The van der Waals surface area contributed by atoms with Crippen LogP contribution in [0.25, 0.3) is 0 Å². The van der Waals surface area contributed by atoms with Crippen LogP contribution in [0.4, 0.5) is 11.8 Å². The molecule has 25 heavy (non-hydrogen) atoms. The third-order valence-corrected chi connectivity index (χ3v) is 4.81. The summed E-state index contributed by atoms with van der Waals surface area (Å²) in [6.07, 6.45) is 7.52. The van der Waals surface area contributed by atoms with Gasteiger partial charge in [0.1, 0.15) is 5.75 Å². The third-order valence-electron chi connectivity index (χ3n) is 4.81. The summed E-state index contributed by atoms with van der Waals surface area (Å²) < 4.78 is 5.39. The summed E-state index contributed by atoms with van der Waals surface area (Å²) in [5, 5.41) is 11.6. The van der Waals surface area contributed by atoms with Crippen molar-refractivity contribution in [3.63, 3.8) is 0 Å². The Balaban J connectivity index is 1.62. The van der Waals surface area contributed by atoms with E-state index in [1.807, 2.05) is 18.2 Å². The van der Waals surface area contributed by atoms with Gasteiger partial charge in [0.2, 0.25) is 5.95 Å². The first-order valence-electron chi connectivity index (χ1n) is 9.14. The second kappa shape index (κ2) is 8.65. The van der Waals surface area contributed by atoms with Gasteiger partial charge in [-0.05, 0) is 43.7 Å². The zero-order valence-electron chi connectivity index (χ0n) is 15.1. The molecule has 0 saturated carbocycles. The Morgan fingerprint density at radius 1 is 1.28 bits per heavy atom. The van der Waals surface area contributed by atoms with Crippen molar-refractivity contribution in [1.29, 1.82) is 0 Å². The Labute approximate surface area is 149 Å². The Hall–Kier alpha value is -2.37. The first kappa shape index (κ1) is 17.5. The molecule has 0 bridgehead atoms. The molecule has 1 unspecified atom stereocenters. The molecule has 0 radical (unpaired) electrons. The van der Waals surface area contributed by atoms with E-state index >= 15 is 0 Å². The number of anilines is 2. The van der Waals surface area contributed by atoms with Crippen LogP contribution in [0.3, 0.4) is 0 Å². The van der Waals surface area contributed by atoms with E-state index in [1.165, 1.54) is 24.8 Å². The maximum Gasteiger partial charge on any atom is 0.244 e. The predicted octanol–water partition coefficient (Wildman–Crippen LogP) is 3.30. The lowest BCUT2D eigenvalue weighted by atomic mass is 10.0. The topological polar surface area (TPSA) is 63.2 Å². The number of aromatic nitrogens is 3. The van der Waals surface area contributed by atoms with Gasteiger partial charge in [-0.25, -0.2) is 0 Å². The lowest BCUT2D eigenvalue weighted by Gasteiger charge is -2.35. The van der Waals surface area contributed by atoms with Crippen molar-refractivity contribution in [1.82, 2.24) is 15.2 Å². The van der Waals surface area contributed by atoms with Crippen LogP contribution >= 0.6 is 0 Å². The molecule has 1 aromatic heterocycles. The van der Waals surface area contributed by atoms with Crippen molar-refractivity contribution >= 4 is 11.8 Å². The molecule has 1 aliphatic rings. The summed E-state index contributed by atoms with van der Waals surface area (Å²) in [6, 6.07) is 8.63. The molecule has 2 heterocycles. The van der Waals surface area contributed by atoms with E-state index in [0.717, 1.165) is 37.5 Å². The van der Waals surface area contributed by atoms with Crippen LogP contribution < -0.4 is 15.0 Å². The zero-order chi connectivity index (χ0) is 17.5. The summed E-state index contributed by atoms with van der Waals surface area (Å²) in [5.41, 5.74) is 1.17. The monoisotopic (exact) mass is 341 g/mol. The van der Waals surface area contributed by atoms with E-state index in [0.29, 0.717) is 12.0 Å². The van der Waals surface area contributed by atoms with E-state index in [-0.39, 0.29) is 0 Å². The van der Waals surface area contributed by atoms with E-state index in [1.54, 1.807) is 13.3 Å². The highest BCUT2D eigenvalue weighted by atomic mass is 16.5. The number of rotatable bonds is 7. The molecule has 1 aliphatic heterocycles. The molecular weight excluding hydrogens is 314 g/mol. The lowest BCUT2D eigenvalue weighted by Crippen LogP contribution is -2.39. The summed E-state index contributed by atoms with van der Waals surface area (Å²) >= 11 is 0. The summed E-state index contributed by atoms with van der Waals surface area (Å²) in [4.78, 5) is 7.06. The van der Waals surface area contributed by atoms with E-state index < -0.39 is 0 Å². The van der Waals surface area contributed by atoms with Gasteiger partial charge in [-0.1, -0.05) is 25.1 Å². The molecule has 6 nitrogen and oxygen atoms in total. The van der Waals surface area contributed by atoms with Crippen molar-refractivity contribution in [3.8, 4) is 5.75 Å². The summed E-state index contributed by atoms with van der Waals surface area (Å²) in [6.45, 7) is 4.03. The average molecular weight is 341 g/mol. The molecule has 1 fully saturated rings. The van der Waals surface area contributed by atoms with Gasteiger partial charge in [0.05, 0.1) is 13.3 Å². The second-order valence-corrected chi connectivity index (χ2v) is 6.38. The minimum absolute atomic E-state index is 0.562. The highest BCUT2D eigenvalue weighted by Crippen LogP contribution is 2.24. The first-order chi connectivity index (χ1) is 12.3. The number of methoxy groups -OCH3 is 1. The fourth-order valence-corrected chi connectivity index (χ4v) is 3.45. The number of benzene rings is 1. The minimum Gasteiger partial charge on any atom is -0.496 e. The molecule has 0 spiro atoms. The Bertz CT molecular complexity index is 678. The molecule has 0 aliphatic carbocycles. The molecule has 6 heteroatoms. The highest BCUT2D eigenvalue weighted by Gasteiger charge is 2.22. The minimum atomic E-state index is 0.562.